The molecule has 2 N–H and O–H groups in total. The van der Waals surface area contributed by atoms with Gasteiger partial charge in [0.2, 0.25) is 0 Å². The van der Waals surface area contributed by atoms with Crippen LogP contribution in [0.1, 0.15) is 6.42 Å². The molecule has 0 saturated heterocycles. The number of thiazole rings is 1. The number of aliphatic carboxylic acids is 1. The highest BCUT2D eigenvalue weighted by Crippen LogP contribution is 2.30. The third-order valence-electron chi connectivity index (χ3n) is 2.24. The van der Waals surface area contributed by atoms with Gasteiger partial charge in [-0.05, 0) is 11.4 Å². The van der Waals surface area contributed by atoms with Gasteiger partial charge in [-0.2, -0.15) is 0 Å². The number of nitrogens with zero attached hydrogens (tertiary/aromatic N) is 2. The molecule has 2 aromatic heterocycles. The van der Waals surface area contributed by atoms with E-state index in [1.54, 1.807) is 18.4 Å². The molecule has 0 aliphatic rings. The van der Waals surface area contributed by atoms with Crippen molar-refractivity contribution in [3.8, 4) is 0 Å². The molecule has 0 radical (unpaired) electrons. The lowest BCUT2D eigenvalue weighted by Crippen LogP contribution is -2.33. The summed E-state index contributed by atoms with van der Waals surface area (Å²) >= 11 is 2.98. The van der Waals surface area contributed by atoms with E-state index < -0.39 is 5.97 Å². The van der Waals surface area contributed by atoms with Crippen molar-refractivity contribution in [1.29, 1.82) is 0 Å². The first-order valence-corrected chi connectivity index (χ1v) is 6.84. The van der Waals surface area contributed by atoms with Crippen LogP contribution in [-0.4, -0.2) is 40.6 Å². The molecule has 0 unspecified atom stereocenters. The van der Waals surface area contributed by atoms with Crippen molar-refractivity contribution in [3.05, 3.63) is 11.4 Å². The van der Waals surface area contributed by atoms with Crippen LogP contribution in [0.5, 0.6) is 0 Å². The first-order chi connectivity index (χ1) is 8.56. The Balaban J connectivity index is 1.94. The van der Waals surface area contributed by atoms with Crippen molar-refractivity contribution < 1.29 is 14.7 Å². The lowest BCUT2D eigenvalue weighted by Gasteiger charge is -2.15. The van der Waals surface area contributed by atoms with E-state index in [1.807, 2.05) is 11.4 Å². The molecule has 6 nitrogen and oxygen atoms in total. The summed E-state index contributed by atoms with van der Waals surface area (Å²) in [5, 5.41) is 13.7. The molecule has 0 atom stereocenters. The van der Waals surface area contributed by atoms with Gasteiger partial charge in [-0.3, -0.25) is 10.1 Å². The van der Waals surface area contributed by atoms with Crippen LogP contribution in [0.3, 0.4) is 0 Å². The number of urea groups is 1. The summed E-state index contributed by atoms with van der Waals surface area (Å²) in [7, 11) is 1.55. The second-order valence-electron chi connectivity index (χ2n) is 3.61. The van der Waals surface area contributed by atoms with Crippen LogP contribution in [0.2, 0.25) is 0 Å². The molecule has 2 rings (SSSR count). The number of carboxylic acids is 1. The van der Waals surface area contributed by atoms with Crippen LogP contribution in [-0.2, 0) is 4.79 Å². The highest BCUT2D eigenvalue weighted by atomic mass is 32.2. The van der Waals surface area contributed by atoms with E-state index in [0.717, 1.165) is 9.53 Å². The molecule has 0 aliphatic heterocycles. The lowest BCUT2D eigenvalue weighted by molar-refractivity contribution is -0.137. The Morgan fingerprint density at radius 2 is 2.33 bits per heavy atom. The molecule has 18 heavy (non-hydrogen) atoms. The first kappa shape index (κ1) is 12.8. The summed E-state index contributed by atoms with van der Waals surface area (Å²) in [5.41, 5.74) is 0.869. The summed E-state index contributed by atoms with van der Waals surface area (Å²) < 4.78 is 1.05. The van der Waals surface area contributed by atoms with E-state index in [4.69, 9.17) is 5.11 Å². The molecule has 2 aromatic rings. The monoisotopic (exact) mass is 285 g/mol. The second kappa shape index (κ2) is 5.32. The molecule has 0 bridgehead atoms. The molecule has 2 heterocycles. The van der Waals surface area contributed by atoms with Gasteiger partial charge in [-0.25, -0.2) is 9.78 Å². The maximum Gasteiger partial charge on any atom is 0.323 e. The second-order valence-corrected chi connectivity index (χ2v) is 5.78. The Hall–Kier alpha value is -1.67. The zero-order valence-electron chi connectivity index (χ0n) is 9.54. The van der Waals surface area contributed by atoms with Gasteiger partial charge >= 0.3 is 12.0 Å². The van der Waals surface area contributed by atoms with Gasteiger partial charge in [0, 0.05) is 13.6 Å². The smallest absolute Gasteiger partial charge is 0.323 e. The van der Waals surface area contributed by atoms with Crippen molar-refractivity contribution in [1.82, 2.24) is 9.88 Å². The number of nitrogens with one attached hydrogen (secondary N) is 1. The Bertz CT molecular complexity index is 549. The van der Waals surface area contributed by atoms with Gasteiger partial charge in [0.25, 0.3) is 0 Å². The van der Waals surface area contributed by atoms with Crippen LogP contribution in [0.15, 0.2) is 11.4 Å². The summed E-state index contributed by atoms with van der Waals surface area (Å²) in [5.74, 6) is -0.926. The Morgan fingerprint density at radius 1 is 1.56 bits per heavy atom. The number of hydrogen-bond donors (Lipinski definition) is 2. The Labute approximate surface area is 111 Å². The molecular formula is C10H11N3O3S2. The quantitative estimate of drug-likeness (QED) is 0.903. The SMILES string of the molecule is CN(CCC(=O)O)C(=O)Nc1nc2ccsc2s1. The highest BCUT2D eigenvalue weighted by Gasteiger charge is 2.13. The molecule has 0 aliphatic carbocycles. The minimum Gasteiger partial charge on any atom is -0.481 e. The number of hydrogen-bond acceptors (Lipinski definition) is 5. The molecule has 8 heteroatoms. The molecule has 0 saturated carbocycles. The zero-order chi connectivity index (χ0) is 13.1. The minimum atomic E-state index is -0.926. The summed E-state index contributed by atoms with van der Waals surface area (Å²) in [4.78, 5) is 27.7. The van der Waals surface area contributed by atoms with Crippen LogP contribution in [0, 0.1) is 0 Å². The van der Waals surface area contributed by atoms with E-state index in [0.29, 0.717) is 5.13 Å². The van der Waals surface area contributed by atoms with E-state index in [1.165, 1.54) is 16.2 Å². The van der Waals surface area contributed by atoms with Crippen LogP contribution in [0.4, 0.5) is 9.93 Å². The number of carbonyl (C=O) groups excluding carboxylic acids is 1. The van der Waals surface area contributed by atoms with Crippen molar-refractivity contribution >= 4 is 49.3 Å². The lowest BCUT2D eigenvalue weighted by atomic mass is 10.4. The van der Waals surface area contributed by atoms with Crippen molar-refractivity contribution in [2.24, 2.45) is 0 Å². The Kier molecular flexibility index (Phi) is 3.78. The maximum absolute atomic E-state index is 11.7. The van der Waals surface area contributed by atoms with E-state index in [9.17, 15) is 9.59 Å². The number of rotatable bonds is 4. The van der Waals surface area contributed by atoms with E-state index >= 15 is 0 Å². The van der Waals surface area contributed by atoms with Gasteiger partial charge in [0.05, 0.1) is 11.9 Å². The number of thiophene rings is 1. The third kappa shape index (κ3) is 2.96. The number of fused-ring (bicyclic) bond motifs is 1. The van der Waals surface area contributed by atoms with Crippen molar-refractivity contribution in [2.45, 2.75) is 6.42 Å². The van der Waals surface area contributed by atoms with Gasteiger partial charge < -0.3 is 10.0 Å². The zero-order valence-corrected chi connectivity index (χ0v) is 11.2. The number of anilines is 1. The standard InChI is InChI=1S/C10H11N3O3S2/c1-13(4-2-7(14)15)10(16)12-9-11-6-3-5-17-8(6)18-9/h3,5H,2,4H2,1H3,(H,14,15)(H,11,12,16). The first-order valence-electron chi connectivity index (χ1n) is 5.14. The molecule has 2 amide bonds. The predicted octanol–water partition coefficient (Wildman–Crippen LogP) is 2.30. The number of aromatic nitrogens is 1. The fourth-order valence-corrected chi connectivity index (χ4v) is 3.10. The Morgan fingerprint density at radius 3 is 3.00 bits per heavy atom. The summed E-state index contributed by atoms with van der Waals surface area (Å²) in [6, 6.07) is 1.54. The summed E-state index contributed by atoms with van der Waals surface area (Å²) in [6.07, 6.45) is -0.0725. The number of carbonyl (C=O) groups is 2. The molecule has 0 spiro atoms. The van der Waals surface area contributed by atoms with Gasteiger partial charge in [0.15, 0.2) is 5.13 Å². The number of carboxylic acid groups (broad SMARTS) is 1. The fourth-order valence-electron chi connectivity index (χ4n) is 1.27. The van der Waals surface area contributed by atoms with Gasteiger partial charge in [-0.15, -0.1) is 11.3 Å². The van der Waals surface area contributed by atoms with Gasteiger partial charge in [0.1, 0.15) is 4.01 Å². The highest BCUT2D eigenvalue weighted by molar-refractivity contribution is 7.39. The van der Waals surface area contributed by atoms with E-state index in [2.05, 4.69) is 10.3 Å². The van der Waals surface area contributed by atoms with Crippen LogP contribution >= 0.6 is 22.7 Å². The largest absolute Gasteiger partial charge is 0.481 e. The molecule has 96 valence electrons. The number of amides is 2. The molecular weight excluding hydrogens is 274 g/mol. The summed E-state index contributed by atoms with van der Waals surface area (Å²) in [6.45, 7) is 0.168. The molecule has 0 aromatic carbocycles. The average molecular weight is 285 g/mol. The minimum absolute atomic E-state index is 0.0725. The topological polar surface area (TPSA) is 82.5 Å². The van der Waals surface area contributed by atoms with Crippen molar-refractivity contribution in [3.63, 3.8) is 0 Å². The van der Waals surface area contributed by atoms with Crippen LogP contribution in [0.25, 0.3) is 9.53 Å². The van der Waals surface area contributed by atoms with Gasteiger partial charge in [-0.1, -0.05) is 11.3 Å². The predicted molar refractivity (Wildman–Crippen MR) is 71.4 cm³/mol. The normalized spacial score (nSPS) is 10.5. The average Bonchev–Trinajstić information content (AvgIpc) is 2.85. The fraction of sp³-hybridized carbons (Fsp3) is 0.300. The third-order valence-corrected chi connectivity index (χ3v) is 4.26. The van der Waals surface area contributed by atoms with E-state index in [-0.39, 0.29) is 19.0 Å². The molecule has 0 fully saturated rings. The maximum atomic E-state index is 11.7. The van der Waals surface area contributed by atoms with Crippen molar-refractivity contribution in [2.75, 3.05) is 18.9 Å². The van der Waals surface area contributed by atoms with Crippen LogP contribution < -0.4 is 5.32 Å².